The zero-order valence-corrected chi connectivity index (χ0v) is 10.3. The van der Waals surface area contributed by atoms with Crippen LogP contribution < -0.4 is 5.32 Å². The fourth-order valence-electron chi connectivity index (χ4n) is 0.785. The van der Waals surface area contributed by atoms with Gasteiger partial charge in [-0.3, -0.25) is 4.79 Å². The molecule has 0 saturated carbocycles. The number of ether oxygens (including phenoxy) is 1. The molecule has 0 amide bonds. The van der Waals surface area contributed by atoms with Gasteiger partial charge in [0.2, 0.25) is 0 Å². The van der Waals surface area contributed by atoms with Gasteiger partial charge in [0.25, 0.3) is 0 Å². The number of hydrogen-bond donors (Lipinski definition) is 1. The molecular formula is C9H18BrNO2. The van der Waals surface area contributed by atoms with Gasteiger partial charge in [-0.15, -0.1) is 0 Å². The molecule has 0 saturated heterocycles. The molecule has 0 rings (SSSR count). The Balaban J connectivity index is 3.59. The highest BCUT2D eigenvalue weighted by atomic mass is 79.9. The molecule has 0 aromatic heterocycles. The summed E-state index contributed by atoms with van der Waals surface area (Å²) in [6.45, 7) is 7.90. The van der Waals surface area contributed by atoms with Crippen LogP contribution >= 0.6 is 15.9 Å². The number of carbonyl (C=O) groups excluding carboxylic acids is 1. The van der Waals surface area contributed by atoms with Crippen LogP contribution in [-0.2, 0) is 9.53 Å². The van der Waals surface area contributed by atoms with Crippen molar-refractivity contribution in [1.82, 2.24) is 5.32 Å². The van der Waals surface area contributed by atoms with Crippen molar-refractivity contribution < 1.29 is 9.53 Å². The molecular weight excluding hydrogens is 234 g/mol. The number of esters is 1. The van der Waals surface area contributed by atoms with Crippen molar-refractivity contribution in [3.8, 4) is 0 Å². The van der Waals surface area contributed by atoms with E-state index in [0.717, 1.165) is 6.54 Å². The summed E-state index contributed by atoms with van der Waals surface area (Å²) in [7, 11) is 1.39. The lowest BCUT2D eigenvalue weighted by atomic mass is 9.97. The molecule has 1 N–H and O–H groups in total. The van der Waals surface area contributed by atoms with Crippen LogP contribution in [0.3, 0.4) is 0 Å². The molecule has 0 aromatic carbocycles. The fourth-order valence-corrected chi connectivity index (χ4v) is 1.20. The second-order valence-corrected chi connectivity index (χ2v) is 5.29. The summed E-state index contributed by atoms with van der Waals surface area (Å²) in [5.41, 5.74) is 0.239. The lowest BCUT2D eigenvalue weighted by Crippen LogP contribution is -2.34. The van der Waals surface area contributed by atoms with Crippen molar-refractivity contribution in [2.45, 2.75) is 25.6 Å². The molecule has 0 aliphatic rings. The average Bonchev–Trinajstić information content (AvgIpc) is 2.00. The maximum absolute atomic E-state index is 11.0. The van der Waals surface area contributed by atoms with Gasteiger partial charge in [0.15, 0.2) is 0 Å². The maximum Gasteiger partial charge on any atom is 0.320 e. The standard InChI is InChI=1S/C9H18BrNO2/c1-9(2,3)6-11-5-7(10)8(12)13-4/h7,11H,5-6H2,1-4H3. The van der Waals surface area contributed by atoms with Gasteiger partial charge >= 0.3 is 5.97 Å². The quantitative estimate of drug-likeness (QED) is 0.609. The molecule has 0 aromatic rings. The van der Waals surface area contributed by atoms with Crippen LogP contribution in [0.4, 0.5) is 0 Å². The topological polar surface area (TPSA) is 38.3 Å². The Morgan fingerprint density at radius 1 is 1.54 bits per heavy atom. The lowest BCUT2D eigenvalue weighted by molar-refractivity contribution is -0.139. The van der Waals surface area contributed by atoms with Gasteiger partial charge in [0.1, 0.15) is 4.83 Å². The summed E-state index contributed by atoms with van der Waals surface area (Å²) in [4.78, 5) is 10.7. The van der Waals surface area contributed by atoms with Crippen LogP contribution in [0.1, 0.15) is 20.8 Å². The predicted octanol–water partition coefficient (Wildman–Crippen LogP) is 1.56. The molecule has 13 heavy (non-hydrogen) atoms. The van der Waals surface area contributed by atoms with Gasteiger partial charge in [0.05, 0.1) is 7.11 Å². The van der Waals surface area contributed by atoms with Crippen LogP contribution in [0.5, 0.6) is 0 Å². The molecule has 0 spiro atoms. The summed E-state index contributed by atoms with van der Waals surface area (Å²) >= 11 is 3.23. The Kier molecular flexibility index (Phi) is 5.56. The third kappa shape index (κ3) is 7.02. The third-order valence-electron chi connectivity index (χ3n) is 1.44. The van der Waals surface area contributed by atoms with Gasteiger partial charge in [0, 0.05) is 13.1 Å². The number of halogens is 1. The Morgan fingerprint density at radius 2 is 2.08 bits per heavy atom. The largest absolute Gasteiger partial charge is 0.468 e. The molecule has 0 radical (unpaired) electrons. The van der Waals surface area contributed by atoms with E-state index in [4.69, 9.17) is 0 Å². The van der Waals surface area contributed by atoms with E-state index in [1.54, 1.807) is 0 Å². The summed E-state index contributed by atoms with van der Waals surface area (Å²) < 4.78 is 4.57. The minimum absolute atomic E-state index is 0.235. The smallest absolute Gasteiger partial charge is 0.320 e. The highest BCUT2D eigenvalue weighted by Gasteiger charge is 2.16. The molecule has 0 bridgehead atoms. The average molecular weight is 252 g/mol. The van der Waals surface area contributed by atoms with Crippen molar-refractivity contribution in [1.29, 1.82) is 0 Å². The number of carbonyl (C=O) groups is 1. The first kappa shape index (κ1) is 12.9. The second kappa shape index (κ2) is 5.60. The number of alkyl halides is 1. The fraction of sp³-hybridized carbons (Fsp3) is 0.889. The Morgan fingerprint density at radius 3 is 2.46 bits per heavy atom. The zero-order chi connectivity index (χ0) is 10.5. The maximum atomic E-state index is 11.0. The van der Waals surface area contributed by atoms with E-state index in [1.165, 1.54) is 7.11 Å². The van der Waals surface area contributed by atoms with E-state index in [0.29, 0.717) is 6.54 Å². The number of hydrogen-bond acceptors (Lipinski definition) is 3. The van der Waals surface area contributed by atoms with E-state index >= 15 is 0 Å². The van der Waals surface area contributed by atoms with Crippen LogP contribution in [-0.4, -0.2) is 31.0 Å². The summed E-state index contributed by atoms with van der Waals surface area (Å²) in [6.07, 6.45) is 0. The minimum Gasteiger partial charge on any atom is -0.468 e. The molecule has 3 nitrogen and oxygen atoms in total. The highest BCUT2D eigenvalue weighted by Crippen LogP contribution is 2.10. The van der Waals surface area contributed by atoms with Crippen molar-refractivity contribution >= 4 is 21.9 Å². The van der Waals surface area contributed by atoms with Crippen molar-refractivity contribution in [2.75, 3.05) is 20.2 Å². The molecule has 0 heterocycles. The minimum atomic E-state index is -0.250. The molecule has 1 atom stereocenters. The molecule has 0 fully saturated rings. The monoisotopic (exact) mass is 251 g/mol. The van der Waals surface area contributed by atoms with E-state index < -0.39 is 0 Å². The van der Waals surface area contributed by atoms with Gasteiger partial charge < -0.3 is 10.1 Å². The number of rotatable bonds is 4. The van der Waals surface area contributed by atoms with Gasteiger partial charge in [-0.25, -0.2) is 0 Å². The molecule has 1 unspecified atom stereocenters. The highest BCUT2D eigenvalue weighted by molar-refractivity contribution is 9.10. The molecule has 0 aliphatic carbocycles. The summed E-state index contributed by atoms with van der Waals surface area (Å²) in [5, 5.41) is 3.19. The van der Waals surface area contributed by atoms with Crippen LogP contribution in [0, 0.1) is 5.41 Å². The lowest BCUT2D eigenvalue weighted by Gasteiger charge is -2.19. The molecule has 0 aliphatic heterocycles. The summed E-state index contributed by atoms with van der Waals surface area (Å²) in [6, 6.07) is 0. The zero-order valence-electron chi connectivity index (χ0n) is 8.69. The first-order chi connectivity index (χ1) is 5.87. The van der Waals surface area contributed by atoms with E-state index in [9.17, 15) is 4.79 Å². The summed E-state index contributed by atoms with van der Waals surface area (Å²) in [5.74, 6) is -0.235. The molecule has 78 valence electrons. The third-order valence-corrected chi connectivity index (χ3v) is 2.13. The Hall–Kier alpha value is -0.0900. The van der Waals surface area contributed by atoms with Crippen molar-refractivity contribution in [3.05, 3.63) is 0 Å². The second-order valence-electron chi connectivity index (χ2n) is 4.18. The normalized spacial score (nSPS) is 13.9. The number of methoxy groups -OCH3 is 1. The predicted molar refractivity (Wildman–Crippen MR) is 57.1 cm³/mol. The van der Waals surface area contributed by atoms with E-state index in [1.807, 2.05) is 0 Å². The van der Waals surface area contributed by atoms with Gasteiger partial charge in [-0.2, -0.15) is 0 Å². The van der Waals surface area contributed by atoms with Gasteiger partial charge in [-0.1, -0.05) is 36.7 Å². The van der Waals surface area contributed by atoms with E-state index in [-0.39, 0.29) is 16.2 Å². The molecule has 4 heteroatoms. The van der Waals surface area contributed by atoms with Gasteiger partial charge in [-0.05, 0) is 5.41 Å². The van der Waals surface area contributed by atoms with Crippen LogP contribution in [0.2, 0.25) is 0 Å². The Bertz CT molecular complexity index is 165. The Labute approximate surface area is 88.4 Å². The van der Waals surface area contributed by atoms with E-state index in [2.05, 4.69) is 46.8 Å². The van der Waals surface area contributed by atoms with Crippen LogP contribution in [0.15, 0.2) is 0 Å². The first-order valence-electron chi connectivity index (χ1n) is 4.29. The first-order valence-corrected chi connectivity index (χ1v) is 5.21. The van der Waals surface area contributed by atoms with Crippen molar-refractivity contribution in [2.24, 2.45) is 5.41 Å². The number of nitrogens with one attached hydrogen (secondary N) is 1. The van der Waals surface area contributed by atoms with Crippen molar-refractivity contribution in [3.63, 3.8) is 0 Å². The van der Waals surface area contributed by atoms with Crippen LogP contribution in [0.25, 0.3) is 0 Å². The SMILES string of the molecule is COC(=O)C(Br)CNCC(C)(C)C.